The number of nitro benzene ring substituents is 1. The van der Waals surface area contributed by atoms with Crippen molar-refractivity contribution in [3.63, 3.8) is 0 Å². The Labute approximate surface area is 180 Å². The SMILES string of the molecule is CCc1ccc(N=c2scc(-c3ccc([N+](=O)[O-])cc3)n2C2CCCCC2C)cc1. The van der Waals surface area contributed by atoms with Gasteiger partial charge in [-0.2, -0.15) is 0 Å². The van der Waals surface area contributed by atoms with E-state index in [1.54, 1.807) is 23.5 Å². The first-order valence-corrected chi connectivity index (χ1v) is 11.5. The highest BCUT2D eigenvalue weighted by Crippen LogP contribution is 2.36. The van der Waals surface area contributed by atoms with Crippen LogP contribution >= 0.6 is 11.3 Å². The van der Waals surface area contributed by atoms with Crippen molar-refractivity contribution >= 4 is 22.7 Å². The molecule has 4 rings (SSSR count). The average Bonchev–Trinajstić information content (AvgIpc) is 3.18. The molecule has 0 bridgehead atoms. The van der Waals surface area contributed by atoms with Gasteiger partial charge in [-0.3, -0.25) is 10.1 Å². The zero-order valence-corrected chi connectivity index (χ0v) is 18.3. The van der Waals surface area contributed by atoms with E-state index < -0.39 is 0 Å². The van der Waals surface area contributed by atoms with E-state index in [-0.39, 0.29) is 10.6 Å². The summed E-state index contributed by atoms with van der Waals surface area (Å²) in [7, 11) is 0. The number of thiazole rings is 1. The topological polar surface area (TPSA) is 60.4 Å². The highest BCUT2D eigenvalue weighted by molar-refractivity contribution is 7.07. The standard InChI is InChI=1S/C24H27N3O2S/c1-3-18-8-12-20(13-9-18)25-24-26(22-7-5-4-6-17(22)2)23(16-30-24)19-10-14-21(15-11-19)27(28)29/h8-17,22H,3-7H2,1-2H3. The number of nitrogens with zero attached hydrogens (tertiary/aromatic N) is 3. The fourth-order valence-corrected chi connectivity index (χ4v) is 5.26. The normalized spacial score (nSPS) is 19.7. The number of aromatic nitrogens is 1. The minimum atomic E-state index is -0.352. The Morgan fingerprint density at radius 2 is 1.80 bits per heavy atom. The van der Waals surface area contributed by atoms with Crippen LogP contribution in [0.3, 0.4) is 0 Å². The molecule has 6 heteroatoms. The lowest BCUT2D eigenvalue weighted by molar-refractivity contribution is -0.384. The summed E-state index contributed by atoms with van der Waals surface area (Å²) >= 11 is 1.64. The first-order chi connectivity index (χ1) is 14.6. The minimum absolute atomic E-state index is 0.118. The lowest BCUT2D eigenvalue weighted by Crippen LogP contribution is -2.28. The van der Waals surface area contributed by atoms with Crippen LogP contribution in [0.1, 0.15) is 51.1 Å². The van der Waals surface area contributed by atoms with Crippen molar-refractivity contribution in [2.45, 2.75) is 52.0 Å². The summed E-state index contributed by atoms with van der Waals surface area (Å²) in [6, 6.07) is 15.7. The molecule has 1 aliphatic carbocycles. The van der Waals surface area contributed by atoms with Crippen molar-refractivity contribution in [2.75, 3.05) is 0 Å². The number of rotatable bonds is 5. The van der Waals surface area contributed by atoms with E-state index in [4.69, 9.17) is 4.99 Å². The molecule has 0 aliphatic heterocycles. The maximum atomic E-state index is 11.0. The van der Waals surface area contributed by atoms with Crippen LogP contribution in [0.5, 0.6) is 0 Å². The van der Waals surface area contributed by atoms with Crippen LogP contribution in [-0.2, 0) is 6.42 Å². The third-order valence-corrected chi connectivity index (χ3v) is 6.92. The summed E-state index contributed by atoms with van der Waals surface area (Å²) in [6.45, 7) is 4.48. The van der Waals surface area contributed by atoms with Crippen LogP contribution in [-0.4, -0.2) is 9.49 Å². The van der Waals surface area contributed by atoms with Crippen LogP contribution in [0.4, 0.5) is 11.4 Å². The van der Waals surface area contributed by atoms with Gasteiger partial charge in [0.1, 0.15) is 0 Å². The molecule has 0 amide bonds. The van der Waals surface area contributed by atoms with Crippen LogP contribution in [0.15, 0.2) is 58.9 Å². The Hall–Kier alpha value is -2.73. The Balaban J connectivity index is 1.82. The summed E-state index contributed by atoms with van der Waals surface area (Å²) in [5.41, 5.74) is 4.48. The molecule has 0 spiro atoms. The fraction of sp³-hybridized carbons (Fsp3) is 0.375. The van der Waals surface area contributed by atoms with Crippen molar-refractivity contribution in [3.8, 4) is 11.3 Å². The predicted molar refractivity (Wildman–Crippen MR) is 122 cm³/mol. The summed E-state index contributed by atoms with van der Waals surface area (Å²) in [4.78, 5) is 16.7. The smallest absolute Gasteiger partial charge is 0.269 e. The number of hydrogen-bond acceptors (Lipinski definition) is 4. The Kier molecular flexibility index (Phi) is 6.13. The van der Waals surface area contributed by atoms with E-state index in [0.29, 0.717) is 12.0 Å². The highest BCUT2D eigenvalue weighted by atomic mass is 32.1. The van der Waals surface area contributed by atoms with Gasteiger partial charge in [-0.15, -0.1) is 11.3 Å². The quantitative estimate of drug-likeness (QED) is 0.341. The molecule has 30 heavy (non-hydrogen) atoms. The molecule has 0 N–H and O–H groups in total. The van der Waals surface area contributed by atoms with Gasteiger partial charge in [-0.25, -0.2) is 4.99 Å². The third kappa shape index (κ3) is 4.24. The number of non-ortho nitro benzene ring substituents is 1. The summed E-state index contributed by atoms with van der Waals surface area (Å²) in [5.74, 6) is 0.576. The molecule has 3 aromatic rings. The molecule has 1 saturated carbocycles. The van der Waals surface area contributed by atoms with Gasteiger partial charge in [-0.1, -0.05) is 38.8 Å². The maximum absolute atomic E-state index is 11.0. The van der Waals surface area contributed by atoms with Gasteiger partial charge in [0.15, 0.2) is 4.80 Å². The van der Waals surface area contributed by atoms with Crippen molar-refractivity contribution in [1.82, 2.24) is 4.57 Å². The van der Waals surface area contributed by atoms with Gasteiger partial charge in [0.2, 0.25) is 0 Å². The minimum Gasteiger partial charge on any atom is -0.313 e. The summed E-state index contributed by atoms with van der Waals surface area (Å²) in [5, 5.41) is 13.2. The lowest BCUT2D eigenvalue weighted by Gasteiger charge is -2.31. The monoisotopic (exact) mass is 421 g/mol. The van der Waals surface area contributed by atoms with Crippen molar-refractivity contribution in [2.24, 2.45) is 10.9 Å². The average molecular weight is 422 g/mol. The zero-order chi connectivity index (χ0) is 21.1. The summed E-state index contributed by atoms with van der Waals surface area (Å²) < 4.78 is 2.38. The largest absolute Gasteiger partial charge is 0.313 e. The van der Waals surface area contributed by atoms with Gasteiger partial charge < -0.3 is 4.57 Å². The number of benzene rings is 2. The Bertz CT molecular complexity index is 1080. The van der Waals surface area contributed by atoms with E-state index in [0.717, 1.165) is 34.6 Å². The molecular formula is C24H27N3O2S. The first kappa shape index (κ1) is 20.5. The second kappa shape index (κ2) is 8.96. The molecule has 0 saturated heterocycles. The van der Waals surface area contributed by atoms with E-state index in [9.17, 15) is 10.1 Å². The Morgan fingerprint density at radius 1 is 1.10 bits per heavy atom. The first-order valence-electron chi connectivity index (χ1n) is 10.7. The van der Waals surface area contributed by atoms with Crippen LogP contribution < -0.4 is 4.80 Å². The Morgan fingerprint density at radius 3 is 2.43 bits per heavy atom. The van der Waals surface area contributed by atoms with E-state index in [2.05, 4.69) is 48.1 Å². The molecule has 1 fully saturated rings. The number of nitro groups is 1. The second-order valence-electron chi connectivity index (χ2n) is 8.04. The molecule has 1 heterocycles. The van der Waals surface area contributed by atoms with Crippen molar-refractivity contribution in [1.29, 1.82) is 0 Å². The molecule has 1 aromatic heterocycles. The third-order valence-electron chi connectivity index (χ3n) is 6.08. The van der Waals surface area contributed by atoms with E-state index in [1.807, 2.05) is 12.1 Å². The number of hydrogen-bond donors (Lipinski definition) is 0. The second-order valence-corrected chi connectivity index (χ2v) is 8.87. The van der Waals surface area contributed by atoms with Crippen LogP contribution in [0.2, 0.25) is 0 Å². The fourth-order valence-electron chi connectivity index (χ4n) is 4.28. The van der Waals surface area contributed by atoms with Gasteiger partial charge in [-0.05, 0) is 60.6 Å². The van der Waals surface area contributed by atoms with Crippen molar-refractivity contribution in [3.05, 3.63) is 74.4 Å². The van der Waals surface area contributed by atoms with Crippen LogP contribution in [0.25, 0.3) is 11.3 Å². The molecular weight excluding hydrogens is 394 g/mol. The van der Waals surface area contributed by atoms with E-state index in [1.165, 1.54) is 24.8 Å². The molecule has 0 radical (unpaired) electrons. The molecule has 1 aliphatic rings. The molecule has 2 unspecified atom stereocenters. The maximum Gasteiger partial charge on any atom is 0.269 e. The van der Waals surface area contributed by atoms with E-state index >= 15 is 0 Å². The number of aryl methyl sites for hydroxylation is 1. The van der Waals surface area contributed by atoms with Crippen molar-refractivity contribution < 1.29 is 4.92 Å². The zero-order valence-electron chi connectivity index (χ0n) is 17.5. The van der Waals surface area contributed by atoms with Gasteiger partial charge in [0.25, 0.3) is 5.69 Å². The summed E-state index contributed by atoms with van der Waals surface area (Å²) in [6.07, 6.45) is 5.88. The molecule has 2 aromatic carbocycles. The highest BCUT2D eigenvalue weighted by Gasteiger charge is 2.26. The van der Waals surface area contributed by atoms with Gasteiger partial charge >= 0.3 is 0 Å². The molecule has 2 atom stereocenters. The van der Waals surface area contributed by atoms with Gasteiger partial charge in [0.05, 0.1) is 16.3 Å². The lowest BCUT2D eigenvalue weighted by atomic mass is 9.85. The molecule has 156 valence electrons. The van der Waals surface area contributed by atoms with Gasteiger partial charge in [0, 0.05) is 23.6 Å². The molecule has 5 nitrogen and oxygen atoms in total. The van der Waals surface area contributed by atoms with Crippen LogP contribution in [0, 0.1) is 16.0 Å². The predicted octanol–water partition coefficient (Wildman–Crippen LogP) is 6.67.